The molecule has 8 nitrogen and oxygen atoms in total. The molecule has 3 N–H and O–H groups in total. The molecule has 2 aliphatic heterocycles. The van der Waals surface area contributed by atoms with Gasteiger partial charge in [-0.05, 0) is 37.3 Å². The quantitative estimate of drug-likeness (QED) is 0.658. The lowest BCUT2D eigenvalue weighted by Gasteiger charge is -2.27. The maximum Gasteiger partial charge on any atom is 0.322 e. The van der Waals surface area contributed by atoms with Crippen molar-refractivity contribution in [2.45, 2.75) is 44.7 Å². The van der Waals surface area contributed by atoms with Crippen molar-refractivity contribution in [1.29, 1.82) is 0 Å². The smallest absolute Gasteiger partial charge is 0.322 e. The van der Waals surface area contributed by atoms with Gasteiger partial charge >= 0.3 is 6.03 Å². The average Bonchev–Trinajstić information content (AvgIpc) is 2.96. The molecule has 0 unspecified atom stereocenters. The Morgan fingerprint density at radius 3 is 2.68 bits per heavy atom. The molecular weight excluding hydrogens is 322 g/mol. The van der Waals surface area contributed by atoms with Crippen molar-refractivity contribution < 1.29 is 14.4 Å². The highest BCUT2D eigenvalue weighted by atomic mass is 16.2. The predicted molar refractivity (Wildman–Crippen MR) is 91.8 cm³/mol. The van der Waals surface area contributed by atoms with Crippen molar-refractivity contribution in [3.8, 4) is 0 Å². The van der Waals surface area contributed by atoms with E-state index in [1.165, 1.54) is 19.3 Å². The van der Waals surface area contributed by atoms with Crippen LogP contribution in [0.4, 0.5) is 10.6 Å². The van der Waals surface area contributed by atoms with Gasteiger partial charge in [0.25, 0.3) is 5.91 Å². The minimum atomic E-state index is -0.622. The Kier molecular flexibility index (Phi) is 5.47. The zero-order valence-corrected chi connectivity index (χ0v) is 14.1. The first-order valence-electron chi connectivity index (χ1n) is 8.70. The summed E-state index contributed by atoms with van der Waals surface area (Å²) in [5.41, 5.74) is 0.932. The number of nitrogens with one attached hydrogen (secondary N) is 3. The molecule has 3 rings (SSSR count). The monoisotopic (exact) mass is 345 g/mol. The number of piperidine rings is 1. The molecule has 1 atom stereocenters. The van der Waals surface area contributed by atoms with Crippen LogP contribution in [0.2, 0.25) is 0 Å². The Morgan fingerprint density at radius 2 is 2.04 bits per heavy atom. The van der Waals surface area contributed by atoms with Crippen LogP contribution in [0.15, 0.2) is 18.3 Å². The molecule has 134 valence electrons. The first kappa shape index (κ1) is 17.2. The van der Waals surface area contributed by atoms with E-state index in [1.54, 1.807) is 6.20 Å². The fraction of sp³-hybridized carbons (Fsp3) is 0.529. The first-order chi connectivity index (χ1) is 12.1. The van der Waals surface area contributed by atoms with Crippen LogP contribution in [0, 0.1) is 0 Å². The minimum absolute atomic E-state index is 0.158. The van der Waals surface area contributed by atoms with Crippen LogP contribution in [0.1, 0.15) is 37.7 Å². The molecule has 0 radical (unpaired) electrons. The second-order valence-electron chi connectivity index (χ2n) is 6.40. The molecule has 0 aromatic carbocycles. The number of nitrogens with zero attached hydrogens (tertiary/aromatic N) is 2. The highest BCUT2D eigenvalue weighted by Gasteiger charge is 2.29. The minimum Gasteiger partial charge on any atom is -0.357 e. The topological polar surface area (TPSA) is 103 Å². The molecule has 2 aliphatic rings. The molecule has 2 saturated heterocycles. The van der Waals surface area contributed by atoms with Gasteiger partial charge in [0.2, 0.25) is 5.91 Å². The second-order valence-corrected chi connectivity index (χ2v) is 6.40. The highest BCUT2D eigenvalue weighted by molar-refractivity contribution is 6.04. The normalized spacial score (nSPS) is 20.2. The average molecular weight is 345 g/mol. The van der Waals surface area contributed by atoms with Crippen LogP contribution in [-0.4, -0.2) is 42.0 Å². The van der Waals surface area contributed by atoms with E-state index in [9.17, 15) is 14.4 Å². The van der Waals surface area contributed by atoms with Gasteiger partial charge in [-0.1, -0.05) is 6.07 Å². The third-order valence-corrected chi connectivity index (χ3v) is 4.50. The van der Waals surface area contributed by atoms with E-state index in [4.69, 9.17) is 0 Å². The van der Waals surface area contributed by atoms with Gasteiger partial charge < -0.3 is 15.5 Å². The van der Waals surface area contributed by atoms with Crippen LogP contribution in [0.3, 0.4) is 0 Å². The summed E-state index contributed by atoms with van der Waals surface area (Å²) < 4.78 is 0. The number of rotatable bonds is 6. The summed E-state index contributed by atoms with van der Waals surface area (Å²) in [5.74, 6) is 0.446. The summed E-state index contributed by atoms with van der Waals surface area (Å²) in [4.78, 5) is 41.1. The molecule has 4 amide bonds. The number of aromatic nitrogens is 1. The predicted octanol–water partition coefficient (Wildman–Crippen LogP) is 0.676. The van der Waals surface area contributed by atoms with E-state index in [-0.39, 0.29) is 24.7 Å². The number of hydrogen-bond donors (Lipinski definition) is 3. The molecular formula is C17H23N5O3. The van der Waals surface area contributed by atoms with E-state index >= 15 is 0 Å². The first-order valence-corrected chi connectivity index (χ1v) is 8.70. The fourth-order valence-corrected chi connectivity index (χ4v) is 3.06. The molecule has 1 aromatic rings. The third-order valence-electron chi connectivity index (χ3n) is 4.50. The summed E-state index contributed by atoms with van der Waals surface area (Å²) in [6.45, 7) is 2.50. The maximum atomic E-state index is 11.9. The Bertz CT molecular complexity index is 640. The van der Waals surface area contributed by atoms with Gasteiger partial charge in [-0.15, -0.1) is 0 Å². The van der Waals surface area contributed by atoms with Crippen molar-refractivity contribution in [2.75, 3.05) is 18.0 Å². The van der Waals surface area contributed by atoms with Gasteiger partial charge in [0.15, 0.2) is 0 Å². The van der Waals surface area contributed by atoms with Gasteiger partial charge in [-0.25, -0.2) is 9.78 Å². The van der Waals surface area contributed by atoms with Gasteiger partial charge in [0, 0.05) is 32.3 Å². The zero-order chi connectivity index (χ0) is 17.6. The van der Waals surface area contributed by atoms with Crippen LogP contribution in [0.5, 0.6) is 0 Å². The molecule has 1 aromatic heterocycles. The number of anilines is 1. The van der Waals surface area contributed by atoms with Crippen molar-refractivity contribution in [1.82, 2.24) is 20.9 Å². The molecule has 8 heteroatoms. The van der Waals surface area contributed by atoms with E-state index < -0.39 is 12.1 Å². The van der Waals surface area contributed by atoms with E-state index in [0.717, 1.165) is 24.5 Å². The Morgan fingerprint density at radius 1 is 1.24 bits per heavy atom. The van der Waals surface area contributed by atoms with Gasteiger partial charge in [-0.3, -0.25) is 14.9 Å². The Hall–Kier alpha value is -2.64. The number of imide groups is 1. The van der Waals surface area contributed by atoms with Gasteiger partial charge in [0.1, 0.15) is 11.9 Å². The van der Waals surface area contributed by atoms with Crippen LogP contribution < -0.4 is 20.9 Å². The van der Waals surface area contributed by atoms with E-state index in [2.05, 4.69) is 25.8 Å². The number of hydrogen-bond acceptors (Lipinski definition) is 5. The van der Waals surface area contributed by atoms with Crippen molar-refractivity contribution >= 4 is 23.7 Å². The molecule has 0 aliphatic carbocycles. The highest BCUT2D eigenvalue weighted by Crippen LogP contribution is 2.17. The number of carbonyl (C=O) groups excluding carboxylic acids is 3. The van der Waals surface area contributed by atoms with Crippen LogP contribution >= 0.6 is 0 Å². The number of amides is 4. The standard InChI is InChI=1S/C17H23N5O3/c23-15(7-5-13-16(24)21-17(25)20-13)19-11-12-4-6-14(18-10-12)22-8-2-1-3-9-22/h4,6,10,13H,1-3,5,7-9,11H2,(H,19,23)(H2,20,21,24,25)/t13-/m1/s1. The Balaban J connectivity index is 1.41. The number of urea groups is 1. The van der Waals surface area contributed by atoms with Crippen molar-refractivity contribution in [3.63, 3.8) is 0 Å². The summed E-state index contributed by atoms with van der Waals surface area (Å²) in [6, 6.07) is 2.84. The lowest BCUT2D eigenvalue weighted by molar-refractivity contribution is -0.122. The van der Waals surface area contributed by atoms with Crippen molar-refractivity contribution in [3.05, 3.63) is 23.9 Å². The summed E-state index contributed by atoms with van der Waals surface area (Å²) in [6.07, 6.45) is 5.95. The summed E-state index contributed by atoms with van der Waals surface area (Å²) in [5, 5.41) is 7.43. The number of carbonyl (C=O) groups is 3. The molecule has 3 heterocycles. The lowest BCUT2D eigenvalue weighted by Crippen LogP contribution is -2.31. The third kappa shape index (κ3) is 4.68. The maximum absolute atomic E-state index is 11.9. The molecule has 0 bridgehead atoms. The molecule has 0 saturated carbocycles. The fourth-order valence-electron chi connectivity index (χ4n) is 3.06. The molecule has 0 spiro atoms. The van der Waals surface area contributed by atoms with Crippen molar-refractivity contribution in [2.24, 2.45) is 0 Å². The van der Waals surface area contributed by atoms with E-state index in [1.807, 2.05) is 12.1 Å². The zero-order valence-electron chi connectivity index (χ0n) is 14.1. The molecule has 2 fully saturated rings. The SMILES string of the molecule is O=C(CC[C@H]1NC(=O)NC1=O)NCc1ccc(N2CCCCC2)nc1. The van der Waals surface area contributed by atoms with Gasteiger partial charge in [0.05, 0.1) is 0 Å². The molecule has 25 heavy (non-hydrogen) atoms. The summed E-state index contributed by atoms with van der Waals surface area (Å²) in [7, 11) is 0. The van der Waals surface area contributed by atoms with Crippen LogP contribution in [-0.2, 0) is 16.1 Å². The largest absolute Gasteiger partial charge is 0.357 e. The van der Waals surface area contributed by atoms with E-state index in [0.29, 0.717) is 6.54 Å². The number of pyridine rings is 1. The Labute approximate surface area is 146 Å². The second kappa shape index (κ2) is 7.96. The summed E-state index contributed by atoms with van der Waals surface area (Å²) >= 11 is 0. The lowest BCUT2D eigenvalue weighted by atomic mass is 10.1. The van der Waals surface area contributed by atoms with Crippen LogP contribution in [0.25, 0.3) is 0 Å². The van der Waals surface area contributed by atoms with Gasteiger partial charge in [-0.2, -0.15) is 0 Å².